The number of rotatable bonds is 7. The molecule has 106 valence electrons. The minimum absolute atomic E-state index is 0.0446. The maximum absolute atomic E-state index is 11.8. The van der Waals surface area contributed by atoms with Gasteiger partial charge in [-0.2, -0.15) is 0 Å². The highest BCUT2D eigenvalue weighted by atomic mass is 16.1. The lowest BCUT2D eigenvalue weighted by atomic mass is 10.1. The largest absolute Gasteiger partial charge is 0.399 e. The Morgan fingerprint density at radius 1 is 1.47 bits per heavy atom. The Kier molecular flexibility index (Phi) is 6.36. The fraction of sp³-hybridized carbons (Fsp3) is 0.533. The molecule has 1 atom stereocenters. The summed E-state index contributed by atoms with van der Waals surface area (Å²) in [5, 5.41) is 2.94. The van der Waals surface area contributed by atoms with Gasteiger partial charge < -0.3 is 16.0 Å². The molecule has 1 amide bonds. The molecule has 0 saturated carbocycles. The number of nitrogens with zero attached hydrogens (tertiary/aromatic N) is 1. The third-order valence-electron chi connectivity index (χ3n) is 3.45. The molecule has 4 nitrogen and oxygen atoms in total. The van der Waals surface area contributed by atoms with Crippen LogP contribution < -0.4 is 11.1 Å². The van der Waals surface area contributed by atoms with E-state index in [1.54, 1.807) is 0 Å². The molecule has 1 aromatic rings. The van der Waals surface area contributed by atoms with Crippen molar-refractivity contribution < 1.29 is 4.79 Å². The van der Waals surface area contributed by atoms with Gasteiger partial charge in [-0.25, -0.2) is 0 Å². The summed E-state index contributed by atoms with van der Waals surface area (Å²) in [6.45, 7) is 5.91. The molecule has 0 radical (unpaired) electrons. The molecule has 1 aromatic carbocycles. The van der Waals surface area contributed by atoms with Gasteiger partial charge in [-0.3, -0.25) is 4.79 Å². The van der Waals surface area contributed by atoms with E-state index in [1.165, 1.54) is 0 Å². The van der Waals surface area contributed by atoms with Gasteiger partial charge in [0.15, 0.2) is 0 Å². The molecule has 3 N–H and O–H groups in total. The molecular formula is C15H25N3O. The van der Waals surface area contributed by atoms with E-state index in [0.29, 0.717) is 24.7 Å². The Bertz CT molecular complexity index is 406. The second kappa shape index (κ2) is 7.79. The maximum Gasteiger partial charge on any atom is 0.224 e. The molecule has 0 heterocycles. The second-order valence-corrected chi connectivity index (χ2v) is 5.01. The number of carbonyl (C=O) groups excluding carboxylic acids is 1. The molecule has 0 saturated heterocycles. The van der Waals surface area contributed by atoms with Gasteiger partial charge in [-0.15, -0.1) is 0 Å². The molecule has 19 heavy (non-hydrogen) atoms. The summed E-state index contributed by atoms with van der Waals surface area (Å²) < 4.78 is 0. The first kappa shape index (κ1) is 15.5. The normalized spacial score (nSPS) is 12.4. The summed E-state index contributed by atoms with van der Waals surface area (Å²) in [7, 11) is 2.08. The predicted molar refractivity (Wildman–Crippen MR) is 80.0 cm³/mol. The lowest BCUT2D eigenvalue weighted by Gasteiger charge is -2.23. The van der Waals surface area contributed by atoms with Crippen molar-refractivity contribution in [3.8, 4) is 0 Å². The molecule has 0 bridgehead atoms. The Hall–Kier alpha value is -1.55. The van der Waals surface area contributed by atoms with E-state index in [1.807, 2.05) is 24.3 Å². The van der Waals surface area contributed by atoms with E-state index in [2.05, 4.69) is 31.1 Å². The number of nitrogens with one attached hydrogen (secondary N) is 1. The van der Waals surface area contributed by atoms with Gasteiger partial charge in [0.2, 0.25) is 5.91 Å². The van der Waals surface area contributed by atoms with E-state index >= 15 is 0 Å². The van der Waals surface area contributed by atoms with Gasteiger partial charge in [0.05, 0.1) is 6.42 Å². The van der Waals surface area contributed by atoms with Crippen LogP contribution in [-0.2, 0) is 11.2 Å². The van der Waals surface area contributed by atoms with Crippen LogP contribution in [0, 0.1) is 0 Å². The minimum atomic E-state index is 0.0446. The number of hydrogen-bond acceptors (Lipinski definition) is 3. The number of amides is 1. The van der Waals surface area contributed by atoms with Crippen LogP contribution in [0.15, 0.2) is 24.3 Å². The van der Waals surface area contributed by atoms with Crippen molar-refractivity contribution >= 4 is 11.6 Å². The first-order valence-electron chi connectivity index (χ1n) is 6.84. The van der Waals surface area contributed by atoms with Crippen LogP contribution in [0.25, 0.3) is 0 Å². The van der Waals surface area contributed by atoms with Crippen molar-refractivity contribution in [1.29, 1.82) is 0 Å². The quantitative estimate of drug-likeness (QED) is 0.736. The van der Waals surface area contributed by atoms with Gasteiger partial charge in [0.1, 0.15) is 0 Å². The fourth-order valence-electron chi connectivity index (χ4n) is 1.85. The minimum Gasteiger partial charge on any atom is -0.399 e. The lowest BCUT2D eigenvalue weighted by molar-refractivity contribution is -0.120. The average Bonchev–Trinajstić information content (AvgIpc) is 2.37. The molecule has 0 aromatic heterocycles. The summed E-state index contributed by atoms with van der Waals surface area (Å²) in [5.74, 6) is 0.0446. The highest BCUT2D eigenvalue weighted by molar-refractivity contribution is 5.78. The molecular weight excluding hydrogens is 238 g/mol. The lowest BCUT2D eigenvalue weighted by Crippen LogP contribution is -2.37. The summed E-state index contributed by atoms with van der Waals surface area (Å²) in [4.78, 5) is 14.0. The van der Waals surface area contributed by atoms with Gasteiger partial charge in [-0.05, 0) is 38.1 Å². The van der Waals surface area contributed by atoms with Crippen molar-refractivity contribution in [2.45, 2.75) is 32.7 Å². The van der Waals surface area contributed by atoms with Crippen LogP contribution in [0.3, 0.4) is 0 Å². The highest BCUT2D eigenvalue weighted by Gasteiger charge is 2.07. The van der Waals surface area contributed by atoms with Gasteiger partial charge in [0, 0.05) is 24.8 Å². The van der Waals surface area contributed by atoms with Crippen molar-refractivity contribution in [2.75, 3.05) is 25.9 Å². The molecule has 0 aliphatic carbocycles. The third-order valence-corrected chi connectivity index (χ3v) is 3.45. The van der Waals surface area contributed by atoms with E-state index in [9.17, 15) is 4.79 Å². The molecule has 0 aliphatic rings. The summed E-state index contributed by atoms with van der Waals surface area (Å²) >= 11 is 0. The smallest absolute Gasteiger partial charge is 0.224 e. The van der Waals surface area contributed by atoms with Crippen molar-refractivity contribution in [3.63, 3.8) is 0 Å². The third kappa shape index (κ3) is 5.75. The fourth-order valence-corrected chi connectivity index (χ4v) is 1.85. The molecule has 0 aliphatic heterocycles. The van der Waals surface area contributed by atoms with Crippen LogP contribution in [-0.4, -0.2) is 37.0 Å². The zero-order chi connectivity index (χ0) is 14.3. The maximum atomic E-state index is 11.8. The number of likely N-dealkylation sites (N-methyl/N-ethyl adjacent to an activating group) is 1. The Balaban J connectivity index is 2.29. The molecule has 1 rings (SSSR count). The van der Waals surface area contributed by atoms with E-state index in [0.717, 1.165) is 18.5 Å². The number of benzene rings is 1. The summed E-state index contributed by atoms with van der Waals surface area (Å²) in [6.07, 6.45) is 1.51. The molecule has 1 unspecified atom stereocenters. The number of nitrogen functional groups attached to an aromatic ring is 1. The van der Waals surface area contributed by atoms with Crippen molar-refractivity contribution in [2.24, 2.45) is 0 Å². The van der Waals surface area contributed by atoms with Gasteiger partial charge >= 0.3 is 0 Å². The monoisotopic (exact) mass is 263 g/mol. The van der Waals surface area contributed by atoms with Crippen LogP contribution in [0.2, 0.25) is 0 Å². The van der Waals surface area contributed by atoms with Crippen LogP contribution >= 0.6 is 0 Å². The standard InChI is InChI=1S/C15H25N3O/c1-4-12(2)18(3)9-8-17-15(19)11-13-6-5-7-14(16)10-13/h5-7,10,12H,4,8-9,11,16H2,1-3H3,(H,17,19). The van der Waals surface area contributed by atoms with Gasteiger partial charge in [-0.1, -0.05) is 19.1 Å². The van der Waals surface area contributed by atoms with Crippen LogP contribution in [0.5, 0.6) is 0 Å². The van der Waals surface area contributed by atoms with E-state index in [-0.39, 0.29) is 5.91 Å². The first-order chi connectivity index (χ1) is 9.02. The number of nitrogens with two attached hydrogens (primary N) is 1. The molecule has 0 fully saturated rings. The summed E-state index contributed by atoms with van der Waals surface area (Å²) in [6, 6.07) is 7.99. The number of hydrogen-bond donors (Lipinski definition) is 2. The van der Waals surface area contributed by atoms with Crippen molar-refractivity contribution in [1.82, 2.24) is 10.2 Å². The topological polar surface area (TPSA) is 58.4 Å². The predicted octanol–water partition coefficient (Wildman–Crippen LogP) is 1.66. The van der Waals surface area contributed by atoms with Gasteiger partial charge in [0.25, 0.3) is 0 Å². The number of anilines is 1. The van der Waals surface area contributed by atoms with Crippen molar-refractivity contribution in [3.05, 3.63) is 29.8 Å². The SMILES string of the molecule is CCC(C)N(C)CCNC(=O)Cc1cccc(N)c1. The first-order valence-corrected chi connectivity index (χ1v) is 6.84. The number of carbonyl (C=O) groups is 1. The highest BCUT2D eigenvalue weighted by Crippen LogP contribution is 2.06. The molecule has 4 heteroatoms. The summed E-state index contributed by atoms with van der Waals surface area (Å²) in [5.41, 5.74) is 7.33. The second-order valence-electron chi connectivity index (χ2n) is 5.01. The molecule has 0 spiro atoms. The Morgan fingerprint density at radius 2 is 2.21 bits per heavy atom. The zero-order valence-electron chi connectivity index (χ0n) is 12.1. The Morgan fingerprint density at radius 3 is 2.84 bits per heavy atom. The Labute approximate surface area is 116 Å². The zero-order valence-corrected chi connectivity index (χ0v) is 12.1. The van der Waals surface area contributed by atoms with Crippen LogP contribution in [0.1, 0.15) is 25.8 Å². The van der Waals surface area contributed by atoms with Crippen LogP contribution in [0.4, 0.5) is 5.69 Å². The van der Waals surface area contributed by atoms with E-state index < -0.39 is 0 Å². The average molecular weight is 263 g/mol. The van der Waals surface area contributed by atoms with E-state index in [4.69, 9.17) is 5.73 Å².